The Morgan fingerprint density at radius 2 is 1.84 bits per heavy atom. The van der Waals surface area contributed by atoms with Crippen molar-refractivity contribution in [2.24, 2.45) is 0 Å². The number of pyridine rings is 1. The van der Waals surface area contributed by atoms with E-state index in [1.807, 2.05) is 30.5 Å². The van der Waals surface area contributed by atoms with Crippen LogP contribution in [-0.2, 0) is 4.79 Å². The van der Waals surface area contributed by atoms with Crippen LogP contribution >= 0.6 is 11.8 Å². The number of methoxy groups -OCH3 is 2. The molecule has 0 spiro atoms. The summed E-state index contributed by atoms with van der Waals surface area (Å²) in [5.41, 5.74) is 2.32. The van der Waals surface area contributed by atoms with Gasteiger partial charge in [-0.1, -0.05) is 18.2 Å². The van der Waals surface area contributed by atoms with Crippen LogP contribution in [0.4, 0.5) is 0 Å². The van der Waals surface area contributed by atoms with Crippen molar-refractivity contribution in [2.75, 3.05) is 26.2 Å². The maximum Gasteiger partial charge on any atom is 0.326 e. The van der Waals surface area contributed by atoms with Gasteiger partial charge in [0.25, 0.3) is 5.91 Å². The van der Waals surface area contributed by atoms with Crippen molar-refractivity contribution in [1.82, 2.24) is 10.3 Å². The van der Waals surface area contributed by atoms with E-state index in [1.165, 1.54) is 11.8 Å². The SMILES string of the molecule is COc1ccc(-c2cc(C(=O)N[C@H](CCSC)C(=O)O)c3ccccc3n2)cc1OC. The first-order valence-electron chi connectivity index (χ1n) is 9.63. The molecule has 1 aromatic heterocycles. The normalized spacial score (nSPS) is 11.7. The highest BCUT2D eigenvalue weighted by Crippen LogP contribution is 2.33. The zero-order chi connectivity index (χ0) is 22.4. The Morgan fingerprint density at radius 3 is 2.52 bits per heavy atom. The number of aromatic nitrogens is 1. The summed E-state index contributed by atoms with van der Waals surface area (Å²) in [5.74, 6) is 0.257. The number of rotatable bonds is 9. The number of amides is 1. The highest BCUT2D eigenvalue weighted by Gasteiger charge is 2.22. The number of carboxylic acid groups (broad SMARTS) is 1. The fourth-order valence-corrected chi connectivity index (χ4v) is 3.71. The van der Waals surface area contributed by atoms with E-state index >= 15 is 0 Å². The van der Waals surface area contributed by atoms with Gasteiger partial charge in [0.1, 0.15) is 6.04 Å². The summed E-state index contributed by atoms with van der Waals surface area (Å²) in [4.78, 5) is 29.4. The minimum atomic E-state index is -1.05. The molecule has 3 aromatic rings. The molecular formula is C23H24N2O5S. The largest absolute Gasteiger partial charge is 0.493 e. The molecule has 0 radical (unpaired) electrons. The third kappa shape index (κ3) is 5.08. The Balaban J connectivity index is 2.05. The van der Waals surface area contributed by atoms with Crippen molar-refractivity contribution in [1.29, 1.82) is 0 Å². The fraction of sp³-hybridized carbons (Fsp3) is 0.261. The van der Waals surface area contributed by atoms with E-state index in [2.05, 4.69) is 10.3 Å². The molecule has 1 amide bonds. The van der Waals surface area contributed by atoms with E-state index in [-0.39, 0.29) is 0 Å². The Hall–Kier alpha value is -3.26. The number of carboxylic acids is 1. The molecule has 0 aliphatic rings. The number of benzene rings is 2. The Kier molecular flexibility index (Phi) is 7.36. The third-order valence-electron chi connectivity index (χ3n) is 4.85. The van der Waals surface area contributed by atoms with Crippen molar-refractivity contribution in [2.45, 2.75) is 12.5 Å². The molecule has 162 valence electrons. The lowest BCUT2D eigenvalue weighted by molar-refractivity contribution is -0.139. The van der Waals surface area contributed by atoms with Crippen LogP contribution < -0.4 is 14.8 Å². The smallest absolute Gasteiger partial charge is 0.326 e. The summed E-state index contributed by atoms with van der Waals surface area (Å²) >= 11 is 1.53. The predicted molar refractivity (Wildman–Crippen MR) is 122 cm³/mol. The number of hydrogen-bond acceptors (Lipinski definition) is 6. The van der Waals surface area contributed by atoms with E-state index in [0.717, 1.165) is 5.56 Å². The van der Waals surface area contributed by atoms with Gasteiger partial charge in [-0.15, -0.1) is 0 Å². The Bertz CT molecular complexity index is 1100. The average molecular weight is 441 g/mol. The summed E-state index contributed by atoms with van der Waals surface area (Å²) in [7, 11) is 3.11. The molecule has 0 fully saturated rings. The topological polar surface area (TPSA) is 97.8 Å². The highest BCUT2D eigenvalue weighted by atomic mass is 32.2. The quantitative estimate of drug-likeness (QED) is 0.521. The summed E-state index contributed by atoms with van der Waals surface area (Å²) in [5, 5.41) is 12.8. The number of nitrogens with one attached hydrogen (secondary N) is 1. The molecule has 1 atom stereocenters. The van der Waals surface area contributed by atoms with Crippen LogP contribution in [-0.4, -0.2) is 54.2 Å². The lowest BCUT2D eigenvalue weighted by Crippen LogP contribution is -2.41. The average Bonchev–Trinajstić information content (AvgIpc) is 2.80. The van der Waals surface area contributed by atoms with Crippen molar-refractivity contribution in [3.63, 3.8) is 0 Å². The van der Waals surface area contributed by atoms with Gasteiger partial charge in [0.05, 0.1) is 31.0 Å². The second kappa shape index (κ2) is 10.2. The molecule has 31 heavy (non-hydrogen) atoms. The number of hydrogen-bond donors (Lipinski definition) is 2. The van der Waals surface area contributed by atoms with Crippen LogP contribution in [0.5, 0.6) is 11.5 Å². The van der Waals surface area contributed by atoms with Gasteiger partial charge in [-0.25, -0.2) is 9.78 Å². The van der Waals surface area contributed by atoms with Crippen LogP contribution in [0.3, 0.4) is 0 Å². The first-order valence-corrected chi connectivity index (χ1v) is 11.0. The van der Waals surface area contributed by atoms with E-state index in [0.29, 0.717) is 45.8 Å². The van der Waals surface area contributed by atoms with Gasteiger partial charge in [0.2, 0.25) is 0 Å². The van der Waals surface area contributed by atoms with E-state index < -0.39 is 17.9 Å². The van der Waals surface area contributed by atoms with E-state index in [9.17, 15) is 14.7 Å². The lowest BCUT2D eigenvalue weighted by Gasteiger charge is -2.16. The van der Waals surface area contributed by atoms with Gasteiger partial charge in [-0.3, -0.25) is 4.79 Å². The summed E-state index contributed by atoms with van der Waals surface area (Å²) in [6, 6.07) is 13.4. The summed E-state index contributed by atoms with van der Waals surface area (Å²) < 4.78 is 10.7. The maximum atomic E-state index is 13.1. The molecular weight excluding hydrogens is 416 g/mol. The van der Waals surface area contributed by atoms with Gasteiger partial charge in [0, 0.05) is 10.9 Å². The third-order valence-corrected chi connectivity index (χ3v) is 5.50. The van der Waals surface area contributed by atoms with Crippen molar-refractivity contribution < 1.29 is 24.2 Å². The van der Waals surface area contributed by atoms with E-state index in [1.54, 1.807) is 38.5 Å². The monoisotopic (exact) mass is 440 g/mol. The molecule has 0 saturated heterocycles. The second-order valence-corrected chi connectivity index (χ2v) is 7.77. The van der Waals surface area contributed by atoms with Crippen LogP contribution in [0, 0.1) is 0 Å². The number of para-hydroxylation sites is 1. The molecule has 0 bridgehead atoms. The van der Waals surface area contributed by atoms with Crippen molar-refractivity contribution in [3.05, 3.63) is 54.1 Å². The first kappa shape index (κ1) is 22.4. The Labute approximate surface area is 184 Å². The summed E-state index contributed by atoms with van der Waals surface area (Å²) in [6.45, 7) is 0. The minimum Gasteiger partial charge on any atom is -0.493 e. The predicted octanol–water partition coefficient (Wildman–Crippen LogP) is 3.86. The molecule has 2 N–H and O–H groups in total. The van der Waals surface area contributed by atoms with Crippen LogP contribution in [0.25, 0.3) is 22.2 Å². The number of ether oxygens (including phenoxy) is 2. The molecule has 0 unspecified atom stereocenters. The second-order valence-electron chi connectivity index (χ2n) is 6.79. The summed E-state index contributed by atoms with van der Waals surface area (Å²) in [6.07, 6.45) is 2.24. The molecule has 1 heterocycles. The number of nitrogens with zero attached hydrogens (tertiary/aromatic N) is 1. The molecule has 0 saturated carbocycles. The minimum absolute atomic E-state index is 0.341. The van der Waals surface area contributed by atoms with Crippen LogP contribution in [0.2, 0.25) is 0 Å². The maximum absolute atomic E-state index is 13.1. The van der Waals surface area contributed by atoms with E-state index in [4.69, 9.17) is 9.47 Å². The fourth-order valence-electron chi connectivity index (χ4n) is 3.24. The molecule has 0 aliphatic carbocycles. The Morgan fingerprint density at radius 1 is 1.10 bits per heavy atom. The number of carbonyl (C=O) groups excluding carboxylic acids is 1. The number of carbonyl (C=O) groups is 2. The van der Waals surface area contributed by atoms with Crippen molar-refractivity contribution >= 4 is 34.5 Å². The van der Waals surface area contributed by atoms with Gasteiger partial charge < -0.3 is 19.9 Å². The number of thioether (sulfide) groups is 1. The molecule has 2 aromatic carbocycles. The zero-order valence-electron chi connectivity index (χ0n) is 17.5. The molecule has 0 aliphatic heterocycles. The van der Waals surface area contributed by atoms with Gasteiger partial charge in [0.15, 0.2) is 11.5 Å². The number of aliphatic carboxylic acids is 1. The van der Waals surface area contributed by atoms with Crippen LogP contribution in [0.15, 0.2) is 48.5 Å². The highest BCUT2D eigenvalue weighted by molar-refractivity contribution is 7.98. The van der Waals surface area contributed by atoms with Gasteiger partial charge in [-0.05, 0) is 48.8 Å². The molecule has 3 rings (SSSR count). The van der Waals surface area contributed by atoms with Crippen LogP contribution in [0.1, 0.15) is 16.8 Å². The van der Waals surface area contributed by atoms with Crippen molar-refractivity contribution in [3.8, 4) is 22.8 Å². The van der Waals surface area contributed by atoms with Gasteiger partial charge >= 0.3 is 5.97 Å². The lowest BCUT2D eigenvalue weighted by atomic mass is 10.0. The standard InChI is InChI=1S/C23H24N2O5S/c1-29-20-9-8-14(12-21(20)30-2)19-13-16(15-6-4-5-7-17(15)24-19)22(26)25-18(23(27)28)10-11-31-3/h4-9,12-13,18H,10-11H2,1-3H3,(H,25,26)(H,27,28)/t18-/m1/s1. The first-order chi connectivity index (χ1) is 15.0. The van der Waals surface area contributed by atoms with Gasteiger partial charge in [-0.2, -0.15) is 11.8 Å². The molecule has 7 nitrogen and oxygen atoms in total. The number of fused-ring (bicyclic) bond motifs is 1. The molecule has 8 heteroatoms. The zero-order valence-corrected chi connectivity index (χ0v) is 18.4.